The number of hydrogen-bond acceptors (Lipinski definition) is 6. The summed E-state index contributed by atoms with van der Waals surface area (Å²) in [5.74, 6) is -0.789. The SMILES string of the molecule is COc1nc2ccc(C(O)(c3cnnn3C)C3CN(C(=O)O)C3)cc2c(Cl)c1CC(F)(F)F. The number of fused-ring (bicyclic) bond motifs is 1. The highest BCUT2D eigenvalue weighted by atomic mass is 35.5. The summed E-state index contributed by atoms with van der Waals surface area (Å²) in [6.07, 6.45) is -5.64. The third-order valence-electron chi connectivity index (χ3n) is 5.84. The number of nitrogens with zero attached hydrogens (tertiary/aromatic N) is 5. The number of halogens is 4. The van der Waals surface area contributed by atoms with E-state index in [9.17, 15) is 28.2 Å². The maximum absolute atomic E-state index is 13.1. The number of benzene rings is 1. The molecule has 1 aromatic carbocycles. The Morgan fingerprint density at radius 1 is 1.33 bits per heavy atom. The number of amides is 1. The van der Waals surface area contributed by atoms with Crippen molar-refractivity contribution in [3.63, 3.8) is 0 Å². The Kier molecular flexibility index (Phi) is 5.61. The Labute approximate surface area is 190 Å². The maximum atomic E-state index is 13.1. The van der Waals surface area contributed by atoms with Crippen LogP contribution in [0.15, 0.2) is 24.4 Å². The third kappa shape index (κ3) is 3.93. The number of rotatable bonds is 5. The number of aromatic nitrogens is 4. The zero-order chi connectivity index (χ0) is 24.1. The van der Waals surface area contributed by atoms with E-state index in [1.165, 1.54) is 30.1 Å². The third-order valence-corrected chi connectivity index (χ3v) is 6.27. The molecule has 4 rings (SSSR count). The molecule has 1 fully saturated rings. The highest BCUT2D eigenvalue weighted by Gasteiger charge is 2.50. The van der Waals surface area contributed by atoms with E-state index in [1.807, 2.05) is 0 Å². The lowest BCUT2D eigenvalue weighted by molar-refractivity contribution is -0.127. The fraction of sp³-hybridized carbons (Fsp3) is 0.400. The van der Waals surface area contributed by atoms with Gasteiger partial charge < -0.3 is 19.8 Å². The number of methoxy groups -OCH3 is 1. The van der Waals surface area contributed by atoms with Gasteiger partial charge in [0.05, 0.1) is 36.0 Å². The van der Waals surface area contributed by atoms with E-state index in [0.29, 0.717) is 11.3 Å². The highest BCUT2D eigenvalue weighted by Crippen LogP contribution is 2.43. The molecule has 1 aliphatic rings. The van der Waals surface area contributed by atoms with Gasteiger partial charge in [-0.2, -0.15) is 13.2 Å². The van der Waals surface area contributed by atoms with E-state index in [-0.39, 0.29) is 40.5 Å². The van der Waals surface area contributed by atoms with Crippen LogP contribution in [0, 0.1) is 5.92 Å². The van der Waals surface area contributed by atoms with Crippen LogP contribution in [-0.4, -0.2) is 67.6 Å². The molecule has 0 radical (unpaired) electrons. The largest absolute Gasteiger partial charge is 0.481 e. The quantitative estimate of drug-likeness (QED) is 0.571. The normalized spacial score (nSPS) is 16.5. The molecule has 0 saturated carbocycles. The summed E-state index contributed by atoms with van der Waals surface area (Å²) in [7, 11) is 2.78. The summed E-state index contributed by atoms with van der Waals surface area (Å²) in [4.78, 5) is 16.6. The van der Waals surface area contributed by atoms with Crippen molar-refractivity contribution in [3.05, 3.63) is 46.2 Å². The molecule has 0 aliphatic carbocycles. The number of carbonyl (C=O) groups is 1. The second-order valence-corrected chi connectivity index (χ2v) is 8.21. The molecule has 1 aliphatic heterocycles. The van der Waals surface area contributed by atoms with E-state index < -0.39 is 30.2 Å². The van der Waals surface area contributed by atoms with Crippen LogP contribution in [0.25, 0.3) is 10.9 Å². The first kappa shape index (κ1) is 23.1. The fourth-order valence-electron chi connectivity index (χ4n) is 4.13. The average molecular weight is 486 g/mol. The Balaban J connectivity index is 1.88. The molecule has 0 bridgehead atoms. The average Bonchev–Trinajstić information content (AvgIpc) is 3.13. The predicted molar refractivity (Wildman–Crippen MR) is 110 cm³/mol. The van der Waals surface area contributed by atoms with Crippen LogP contribution in [0.4, 0.5) is 18.0 Å². The Bertz CT molecular complexity index is 1230. The van der Waals surface area contributed by atoms with Gasteiger partial charge in [0.15, 0.2) is 0 Å². The van der Waals surface area contributed by atoms with Crippen molar-refractivity contribution in [3.8, 4) is 5.88 Å². The summed E-state index contributed by atoms with van der Waals surface area (Å²) >= 11 is 6.38. The molecule has 0 spiro atoms. The van der Waals surface area contributed by atoms with Crippen molar-refractivity contribution in [1.82, 2.24) is 24.9 Å². The van der Waals surface area contributed by atoms with Crippen LogP contribution in [-0.2, 0) is 19.1 Å². The molecule has 3 heterocycles. The van der Waals surface area contributed by atoms with Gasteiger partial charge in [0.2, 0.25) is 5.88 Å². The first-order valence-corrected chi connectivity index (χ1v) is 10.1. The van der Waals surface area contributed by atoms with Gasteiger partial charge in [0.25, 0.3) is 0 Å². The van der Waals surface area contributed by atoms with Gasteiger partial charge in [-0.05, 0) is 17.7 Å². The molecule has 3 aromatic rings. The van der Waals surface area contributed by atoms with Crippen molar-refractivity contribution in [1.29, 1.82) is 0 Å². The standard InChI is InChI=1S/C20H19ClF3N5O4/c1-28-15(7-25-27-28)20(32,11-8-29(9-11)18(30)31)10-3-4-14-12(5-10)16(21)13(6-19(22,23)24)17(26-14)33-2/h3-5,7,11,32H,6,8-9H2,1-2H3,(H,30,31). The highest BCUT2D eigenvalue weighted by molar-refractivity contribution is 6.36. The molecular weight excluding hydrogens is 467 g/mol. The fourth-order valence-corrected chi connectivity index (χ4v) is 4.43. The van der Waals surface area contributed by atoms with Gasteiger partial charge in [-0.15, -0.1) is 5.10 Å². The summed E-state index contributed by atoms with van der Waals surface area (Å²) in [5, 5.41) is 28.7. The smallest absolute Gasteiger partial charge is 0.407 e. The van der Waals surface area contributed by atoms with Crippen LogP contribution in [0.3, 0.4) is 0 Å². The Morgan fingerprint density at radius 2 is 2.03 bits per heavy atom. The molecule has 33 heavy (non-hydrogen) atoms. The zero-order valence-corrected chi connectivity index (χ0v) is 18.2. The topological polar surface area (TPSA) is 114 Å². The number of carboxylic acid groups (broad SMARTS) is 1. The van der Waals surface area contributed by atoms with Crippen molar-refractivity contribution < 1.29 is 32.9 Å². The Hall–Kier alpha value is -3.12. The molecule has 1 amide bonds. The van der Waals surface area contributed by atoms with Crippen molar-refractivity contribution in [2.75, 3.05) is 20.2 Å². The van der Waals surface area contributed by atoms with E-state index in [1.54, 1.807) is 13.1 Å². The van der Waals surface area contributed by atoms with E-state index >= 15 is 0 Å². The molecule has 1 saturated heterocycles. The first-order valence-electron chi connectivity index (χ1n) is 9.74. The van der Waals surface area contributed by atoms with E-state index in [4.69, 9.17) is 16.3 Å². The summed E-state index contributed by atoms with van der Waals surface area (Å²) in [6, 6.07) is 4.53. The van der Waals surface area contributed by atoms with Crippen LogP contribution >= 0.6 is 11.6 Å². The molecule has 13 heteroatoms. The van der Waals surface area contributed by atoms with Crippen LogP contribution < -0.4 is 4.74 Å². The van der Waals surface area contributed by atoms with Crippen molar-refractivity contribution in [2.45, 2.75) is 18.2 Å². The lowest BCUT2D eigenvalue weighted by atomic mass is 9.74. The lowest BCUT2D eigenvalue weighted by Gasteiger charge is -2.46. The number of aryl methyl sites for hydroxylation is 1. The minimum atomic E-state index is -4.54. The Morgan fingerprint density at radius 3 is 2.58 bits per heavy atom. The van der Waals surface area contributed by atoms with Gasteiger partial charge >= 0.3 is 12.3 Å². The van der Waals surface area contributed by atoms with Gasteiger partial charge in [-0.3, -0.25) is 0 Å². The summed E-state index contributed by atoms with van der Waals surface area (Å²) in [5.41, 5.74) is -1.18. The number of aliphatic hydroxyl groups is 1. The summed E-state index contributed by atoms with van der Waals surface area (Å²) in [6.45, 7) is 0.0892. The molecular formula is C20H19ClF3N5O4. The van der Waals surface area contributed by atoms with Crippen LogP contribution in [0.2, 0.25) is 5.02 Å². The van der Waals surface area contributed by atoms with E-state index in [0.717, 1.165) is 4.90 Å². The number of pyridine rings is 1. The maximum Gasteiger partial charge on any atom is 0.407 e. The number of alkyl halides is 3. The van der Waals surface area contributed by atoms with Crippen LogP contribution in [0.1, 0.15) is 16.8 Å². The van der Waals surface area contributed by atoms with Gasteiger partial charge in [0, 0.05) is 37.0 Å². The van der Waals surface area contributed by atoms with Gasteiger partial charge in [-0.1, -0.05) is 22.9 Å². The second-order valence-electron chi connectivity index (χ2n) is 7.83. The number of ether oxygens (including phenoxy) is 1. The molecule has 176 valence electrons. The molecule has 1 unspecified atom stereocenters. The van der Waals surface area contributed by atoms with Gasteiger partial charge in [-0.25, -0.2) is 14.5 Å². The molecule has 9 nitrogen and oxygen atoms in total. The van der Waals surface area contributed by atoms with Crippen LogP contribution in [0.5, 0.6) is 5.88 Å². The first-order chi connectivity index (χ1) is 15.5. The molecule has 2 N–H and O–H groups in total. The number of hydrogen-bond donors (Lipinski definition) is 2. The zero-order valence-electron chi connectivity index (χ0n) is 17.5. The van der Waals surface area contributed by atoms with Gasteiger partial charge in [0.1, 0.15) is 5.60 Å². The monoisotopic (exact) mass is 485 g/mol. The molecule has 2 aromatic heterocycles. The number of likely N-dealkylation sites (tertiary alicyclic amines) is 1. The lowest BCUT2D eigenvalue weighted by Crippen LogP contribution is -2.58. The van der Waals surface area contributed by atoms with Crippen molar-refractivity contribution in [2.24, 2.45) is 13.0 Å². The second kappa shape index (κ2) is 8.03. The van der Waals surface area contributed by atoms with E-state index in [2.05, 4.69) is 15.3 Å². The minimum absolute atomic E-state index is 0.0446. The molecule has 1 atom stereocenters. The summed E-state index contributed by atoms with van der Waals surface area (Å²) < 4.78 is 45.8. The minimum Gasteiger partial charge on any atom is -0.481 e. The van der Waals surface area contributed by atoms with Crippen molar-refractivity contribution >= 4 is 28.6 Å². The predicted octanol–water partition coefficient (Wildman–Crippen LogP) is 2.98.